The van der Waals surface area contributed by atoms with E-state index in [0.717, 1.165) is 63.4 Å². The number of aliphatic hydroxyl groups is 1. The van der Waals surface area contributed by atoms with Crippen LogP contribution in [0.4, 0.5) is 5.13 Å². The molecule has 1 saturated carbocycles. The van der Waals surface area contributed by atoms with E-state index in [1.807, 2.05) is 57.0 Å². The Morgan fingerprint density at radius 1 is 0.972 bits per heavy atom. The molecule has 1 aromatic carbocycles. The molecule has 6 rings (SSSR count). The van der Waals surface area contributed by atoms with Crippen molar-refractivity contribution in [2.24, 2.45) is 14.1 Å². The zero-order valence-corrected chi connectivity index (χ0v) is 20.9. The maximum Gasteiger partial charge on any atom is 0.184 e. The van der Waals surface area contributed by atoms with Gasteiger partial charge in [0.2, 0.25) is 0 Å². The molecule has 0 saturated heterocycles. The van der Waals surface area contributed by atoms with Gasteiger partial charge in [0, 0.05) is 49.2 Å². The summed E-state index contributed by atoms with van der Waals surface area (Å²) in [6, 6.07) is 7.92. The molecule has 2 atom stereocenters. The number of nitrogens with one attached hydrogen (secondary N) is 1. The second-order valence-corrected chi connectivity index (χ2v) is 10.3. The van der Waals surface area contributed by atoms with Gasteiger partial charge in [-0.05, 0) is 31.0 Å². The van der Waals surface area contributed by atoms with Crippen molar-refractivity contribution < 1.29 is 9.84 Å². The SMILES string of the molecule is Cn1cc(-c2cc(Oc3ccc4nc(N[C@@H]5CCCC[C@H]5O)sc4c3)cnc2-c2cnn(C)c2)cn1. The van der Waals surface area contributed by atoms with E-state index in [2.05, 4.69) is 15.5 Å². The summed E-state index contributed by atoms with van der Waals surface area (Å²) in [5.74, 6) is 1.34. The van der Waals surface area contributed by atoms with Crippen LogP contribution in [0.15, 0.2) is 55.2 Å². The molecule has 0 aliphatic heterocycles. The van der Waals surface area contributed by atoms with Crippen molar-refractivity contribution in [3.63, 3.8) is 0 Å². The number of benzene rings is 1. The molecule has 2 N–H and O–H groups in total. The highest BCUT2D eigenvalue weighted by molar-refractivity contribution is 7.22. The van der Waals surface area contributed by atoms with Crippen molar-refractivity contribution in [3.05, 3.63) is 55.2 Å². The van der Waals surface area contributed by atoms with Gasteiger partial charge in [-0.25, -0.2) is 4.98 Å². The molecule has 0 amide bonds. The van der Waals surface area contributed by atoms with Crippen LogP contribution in [0.3, 0.4) is 0 Å². The zero-order chi connectivity index (χ0) is 24.6. The molecule has 5 aromatic rings. The highest BCUT2D eigenvalue weighted by atomic mass is 32.1. The fourth-order valence-corrected chi connectivity index (χ4v) is 5.62. The molecule has 184 valence electrons. The molecule has 10 heteroatoms. The van der Waals surface area contributed by atoms with Gasteiger partial charge in [0.25, 0.3) is 0 Å². The lowest BCUT2D eigenvalue weighted by Crippen LogP contribution is -2.36. The van der Waals surface area contributed by atoms with E-state index in [1.165, 1.54) is 0 Å². The number of hydrogen-bond donors (Lipinski definition) is 2. The van der Waals surface area contributed by atoms with E-state index >= 15 is 0 Å². The molecule has 1 fully saturated rings. The molecular weight excluding hydrogens is 474 g/mol. The van der Waals surface area contributed by atoms with E-state index in [9.17, 15) is 5.11 Å². The molecule has 4 heterocycles. The first kappa shape index (κ1) is 22.7. The smallest absolute Gasteiger partial charge is 0.184 e. The van der Waals surface area contributed by atoms with E-state index < -0.39 is 0 Å². The van der Waals surface area contributed by atoms with E-state index in [0.29, 0.717) is 11.5 Å². The first-order chi connectivity index (χ1) is 17.5. The van der Waals surface area contributed by atoms with Crippen molar-refractivity contribution >= 4 is 26.7 Å². The molecule has 36 heavy (non-hydrogen) atoms. The minimum atomic E-state index is -0.319. The molecule has 4 aromatic heterocycles. The highest BCUT2D eigenvalue weighted by Gasteiger charge is 2.23. The van der Waals surface area contributed by atoms with Crippen LogP contribution in [0.25, 0.3) is 32.6 Å². The van der Waals surface area contributed by atoms with Crippen molar-refractivity contribution in [1.82, 2.24) is 29.5 Å². The monoisotopic (exact) mass is 501 g/mol. The number of pyridine rings is 1. The standard InChI is InChI=1S/C26H27N7O2S/c1-32-14-16(11-28-32)20-9-19(13-27-25(20)17-12-29-33(2)15-17)35-18-7-8-22-24(10-18)36-26(31-22)30-21-5-3-4-6-23(21)34/h7-15,21,23,34H,3-6H2,1-2H3,(H,30,31)/t21-,23-/m1/s1. The van der Waals surface area contributed by atoms with Gasteiger partial charge in [-0.3, -0.25) is 14.3 Å². The summed E-state index contributed by atoms with van der Waals surface area (Å²) in [6.07, 6.45) is 13.0. The Bertz CT molecular complexity index is 1520. The van der Waals surface area contributed by atoms with Crippen LogP contribution in [0.1, 0.15) is 25.7 Å². The maximum absolute atomic E-state index is 10.3. The van der Waals surface area contributed by atoms with Crippen LogP contribution in [0, 0.1) is 0 Å². The molecule has 9 nitrogen and oxygen atoms in total. The van der Waals surface area contributed by atoms with Crippen LogP contribution in [0.5, 0.6) is 11.5 Å². The summed E-state index contributed by atoms with van der Waals surface area (Å²) < 4.78 is 10.8. The number of aromatic nitrogens is 6. The fourth-order valence-electron chi connectivity index (χ4n) is 4.66. The highest BCUT2D eigenvalue weighted by Crippen LogP contribution is 2.36. The van der Waals surface area contributed by atoms with E-state index in [1.54, 1.807) is 33.1 Å². The Morgan fingerprint density at radius 2 is 1.75 bits per heavy atom. The average molecular weight is 502 g/mol. The number of anilines is 1. The van der Waals surface area contributed by atoms with Crippen molar-refractivity contribution in [2.75, 3.05) is 5.32 Å². The predicted molar refractivity (Wildman–Crippen MR) is 140 cm³/mol. The number of aryl methyl sites for hydroxylation is 2. The predicted octanol–water partition coefficient (Wildman–Crippen LogP) is 5.00. The number of rotatable bonds is 6. The molecule has 1 aliphatic carbocycles. The molecule has 0 unspecified atom stereocenters. The summed E-state index contributed by atoms with van der Waals surface area (Å²) >= 11 is 1.57. The lowest BCUT2D eigenvalue weighted by molar-refractivity contribution is 0.116. The summed E-state index contributed by atoms with van der Waals surface area (Å²) in [6.45, 7) is 0. The average Bonchev–Trinajstić information content (AvgIpc) is 3.60. The minimum absolute atomic E-state index is 0.0605. The summed E-state index contributed by atoms with van der Waals surface area (Å²) in [4.78, 5) is 9.43. The van der Waals surface area contributed by atoms with Crippen molar-refractivity contribution in [1.29, 1.82) is 0 Å². The van der Waals surface area contributed by atoms with Gasteiger partial charge in [0.1, 0.15) is 11.5 Å². The quantitative estimate of drug-likeness (QED) is 0.337. The Kier molecular flexibility index (Phi) is 5.90. The molecule has 1 aliphatic rings. The molecule has 0 radical (unpaired) electrons. The largest absolute Gasteiger partial charge is 0.456 e. The first-order valence-corrected chi connectivity index (χ1v) is 12.8. The van der Waals surface area contributed by atoms with Crippen LogP contribution < -0.4 is 10.1 Å². The fraction of sp³-hybridized carbons (Fsp3) is 0.308. The van der Waals surface area contributed by atoms with Gasteiger partial charge in [0.15, 0.2) is 5.13 Å². The van der Waals surface area contributed by atoms with E-state index in [4.69, 9.17) is 14.7 Å². The number of aliphatic hydroxyl groups excluding tert-OH is 1. The van der Waals surface area contributed by atoms with Crippen LogP contribution >= 0.6 is 11.3 Å². The van der Waals surface area contributed by atoms with Gasteiger partial charge in [-0.1, -0.05) is 24.2 Å². The third-order valence-corrected chi connectivity index (χ3v) is 7.44. The van der Waals surface area contributed by atoms with Gasteiger partial charge in [0.05, 0.1) is 46.6 Å². The number of nitrogens with zero attached hydrogens (tertiary/aromatic N) is 6. The Labute approximate surface area is 212 Å². The van der Waals surface area contributed by atoms with Gasteiger partial charge < -0.3 is 15.2 Å². The third-order valence-electron chi connectivity index (χ3n) is 6.49. The molecule has 0 spiro atoms. The first-order valence-electron chi connectivity index (χ1n) is 12.0. The summed E-state index contributed by atoms with van der Waals surface area (Å²) in [5, 5.41) is 23.2. The van der Waals surface area contributed by atoms with Crippen LogP contribution in [0.2, 0.25) is 0 Å². The number of fused-ring (bicyclic) bond motifs is 1. The Balaban J connectivity index is 1.28. The normalized spacial score (nSPS) is 18.0. The second kappa shape index (κ2) is 9.36. The summed E-state index contributed by atoms with van der Waals surface area (Å²) in [5.41, 5.74) is 4.53. The van der Waals surface area contributed by atoms with Crippen LogP contribution in [-0.4, -0.2) is 46.8 Å². The number of hydrogen-bond acceptors (Lipinski definition) is 8. The second-order valence-electron chi connectivity index (χ2n) is 9.23. The van der Waals surface area contributed by atoms with Crippen molar-refractivity contribution in [3.8, 4) is 33.9 Å². The van der Waals surface area contributed by atoms with E-state index in [-0.39, 0.29) is 12.1 Å². The zero-order valence-electron chi connectivity index (χ0n) is 20.1. The third kappa shape index (κ3) is 4.57. The summed E-state index contributed by atoms with van der Waals surface area (Å²) in [7, 11) is 3.78. The van der Waals surface area contributed by atoms with Gasteiger partial charge >= 0.3 is 0 Å². The molecular formula is C26H27N7O2S. The number of ether oxygens (including phenoxy) is 1. The maximum atomic E-state index is 10.3. The topological polar surface area (TPSA) is 103 Å². The number of thiazole rings is 1. The Hall–Kier alpha value is -3.76. The van der Waals surface area contributed by atoms with Crippen molar-refractivity contribution in [2.45, 2.75) is 37.8 Å². The van der Waals surface area contributed by atoms with Gasteiger partial charge in [-0.2, -0.15) is 10.2 Å². The Morgan fingerprint density at radius 3 is 2.50 bits per heavy atom. The minimum Gasteiger partial charge on any atom is -0.456 e. The van der Waals surface area contributed by atoms with Crippen LogP contribution in [-0.2, 0) is 14.1 Å². The lowest BCUT2D eigenvalue weighted by atomic mass is 9.93. The van der Waals surface area contributed by atoms with Gasteiger partial charge in [-0.15, -0.1) is 0 Å². The lowest BCUT2D eigenvalue weighted by Gasteiger charge is -2.27. The molecule has 0 bridgehead atoms.